The first-order valence-electron chi connectivity index (χ1n) is 11.1. The van der Waals surface area contributed by atoms with Crippen LogP contribution in [0.2, 0.25) is 0 Å². The standard InChI is InChI=1S/C26H24N4O4S/c1-17(25(31)27-20-9-6-10-21(14-20)32-2)35-26-29-28-24(19-7-4-3-5-8-19)30(26)15-18-11-12-22-23(13-18)34-16-33-22/h3-14,17H,15-16H2,1-2H3,(H,27,31). The number of fused-ring (bicyclic) bond motifs is 1. The summed E-state index contributed by atoms with van der Waals surface area (Å²) in [5.74, 6) is 2.72. The zero-order valence-electron chi connectivity index (χ0n) is 19.3. The molecule has 1 aliphatic heterocycles. The van der Waals surface area contributed by atoms with Gasteiger partial charge in [0, 0.05) is 17.3 Å². The number of amides is 1. The van der Waals surface area contributed by atoms with Crippen LogP contribution in [-0.2, 0) is 11.3 Å². The van der Waals surface area contributed by atoms with Gasteiger partial charge in [0.05, 0.1) is 18.9 Å². The van der Waals surface area contributed by atoms with Gasteiger partial charge in [-0.15, -0.1) is 10.2 Å². The van der Waals surface area contributed by atoms with Gasteiger partial charge in [0.15, 0.2) is 22.5 Å². The Balaban J connectivity index is 1.40. The number of nitrogens with one attached hydrogen (secondary N) is 1. The molecule has 1 N–H and O–H groups in total. The number of methoxy groups -OCH3 is 1. The van der Waals surface area contributed by atoms with Crippen LogP contribution in [0.15, 0.2) is 78.0 Å². The highest BCUT2D eigenvalue weighted by molar-refractivity contribution is 8.00. The number of aromatic nitrogens is 3. The molecule has 5 rings (SSSR count). The monoisotopic (exact) mass is 488 g/mol. The molecule has 3 aromatic carbocycles. The minimum Gasteiger partial charge on any atom is -0.497 e. The zero-order chi connectivity index (χ0) is 24.2. The summed E-state index contributed by atoms with van der Waals surface area (Å²) >= 11 is 1.36. The van der Waals surface area contributed by atoms with E-state index in [9.17, 15) is 4.79 Å². The van der Waals surface area contributed by atoms with Gasteiger partial charge in [-0.05, 0) is 36.8 Å². The Morgan fingerprint density at radius 3 is 2.71 bits per heavy atom. The minimum atomic E-state index is -0.412. The van der Waals surface area contributed by atoms with Crippen LogP contribution in [0.3, 0.4) is 0 Å². The molecule has 2 heterocycles. The zero-order valence-corrected chi connectivity index (χ0v) is 20.1. The molecule has 0 fully saturated rings. The molecular weight excluding hydrogens is 464 g/mol. The number of benzene rings is 3. The molecule has 0 bridgehead atoms. The van der Waals surface area contributed by atoms with Crippen molar-refractivity contribution in [2.75, 3.05) is 19.2 Å². The summed E-state index contributed by atoms with van der Waals surface area (Å²) < 4.78 is 18.2. The van der Waals surface area contributed by atoms with Crippen LogP contribution in [0.1, 0.15) is 12.5 Å². The topological polar surface area (TPSA) is 87.5 Å². The summed E-state index contributed by atoms with van der Waals surface area (Å²) in [6.07, 6.45) is 0. The maximum atomic E-state index is 12.9. The number of hydrogen-bond acceptors (Lipinski definition) is 7. The number of thioether (sulfide) groups is 1. The van der Waals surface area contributed by atoms with E-state index < -0.39 is 5.25 Å². The van der Waals surface area contributed by atoms with Crippen molar-refractivity contribution in [3.8, 4) is 28.6 Å². The van der Waals surface area contributed by atoms with E-state index in [-0.39, 0.29) is 12.7 Å². The van der Waals surface area contributed by atoms with E-state index in [1.165, 1.54) is 11.8 Å². The third-order valence-corrected chi connectivity index (χ3v) is 6.60. The molecular formula is C26H24N4O4S. The largest absolute Gasteiger partial charge is 0.497 e. The van der Waals surface area contributed by atoms with Crippen LogP contribution < -0.4 is 19.5 Å². The Kier molecular flexibility index (Phi) is 6.58. The first-order valence-corrected chi connectivity index (χ1v) is 12.0. The SMILES string of the molecule is COc1cccc(NC(=O)C(C)Sc2nnc(-c3ccccc3)n2Cc2ccc3c(c2)OCO3)c1. The molecule has 9 heteroatoms. The van der Waals surface area contributed by atoms with Crippen LogP contribution in [0.4, 0.5) is 5.69 Å². The van der Waals surface area contributed by atoms with E-state index in [0.29, 0.717) is 23.1 Å². The van der Waals surface area contributed by atoms with Crippen molar-refractivity contribution < 1.29 is 19.0 Å². The number of hydrogen-bond donors (Lipinski definition) is 1. The van der Waals surface area contributed by atoms with Crippen LogP contribution >= 0.6 is 11.8 Å². The predicted octanol–water partition coefficient (Wildman–Crippen LogP) is 4.85. The van der Waals surface area contributed by atoms with E-state index >= 15 is 0 Å². The second-order valence-electron chi connectivity index (χ2n) is 7.93. The summed E-state index contributed by atoms with van der Waals surface area (Å²) in [6.45, 7) is 2.59. The van der Waals surface area contributed by atoms with Gasteiger partial charge in [0.25, 0.3) is 0 Å². The number of ether oxygens (including phenoxy) is 3. The Bertz CT molecular complexity index is 1340. The van der Waals surface area contributed by atoms with Crippen molar-refractivity contribution in [1.29, 1.82) is 0 Å². The molecule has 4 aromatic rings. The Morgan fingerprint density at radius 1 is 1.06 bits per heavy atom. The van der Waals surface area contributed by atoms with Gasteiger partial charge in [0.2, 0.25) is 12.7 Å². The molecule has 0 aliphatic carbocycles. The van der Waals surface area contributed by atoms with Gasteiger partial charge in [-0.2, -0.15) is 0 Å². The third kappa shape index (κ3) is 5.09. The summed E-state index contributed by atoms with van der Waals surface area (Å²) in [7, 11) is 1.59. The molecule has 35 heavy (non-hydrogen) atoms. The second-order valence-corrected chi connectivity index (χ2v) is 9.24. The number of nitrogens with zero attached hydrogens (tertiary/aromatic N) is 3. The molecule has 0 spiro atoms. The average Bonchev–Trinajstić information content (AvgIpc) is 3.51. The lowest BCUT2D eigenvalue weighted by Crippen LogP contribution is -2.23. The third-order valence-electron chi connectivity index (χ3n) is 5.52. The number of rotatable bonds is 8. The van der Waals surface area contributed by atoms with Crippen molar-refractivity contribution in [1.82, 2.24) is 14.8 Å². The Labute approximate surface area is 207 Å². The van der Waals surface area contributed by atoms with E-state index in [0.717, 1.165) is 28.5 Å². The molecule has 0 saturated heterocycles. The van der Waals surface area contributed by atoms with E-state index in [1.54, 1.807) is 13.2 Å². The van der Waals surface area contributed by atoms with Gasteiger partial charge in [-0.25, -0.2) is 0 Å². The van der Waals surface area contributed by atoms with Gasteiger partial charge in [0.1, 0.15) is 5.75 Å². The number of anilines is 1. The fourth-order valence-corrected chi connectivity index (χ4v) is 4.55. The van der Waals surface area contributed by atoms with Crippen molar-refractivity contribution in [3.05, 3.63) is 78.4 Å². The highest BCUT2D eigenvalue weighted by atomic mass is 32.2. The van der Waals surface area contributed by atoms with E-state index in [1.807, 2.05) is 78.2 Å². The van der Waals surface area contributed by atoms with Crippen molar-refractivity contribution in [2.24, 2.45) is 0 Å². The predicted molar refractivity (Wildman–Crippen MR) is 134 cm³/mol. The summed E-state index contributed by atoms with van der Waals surface area (Å²) in [5.41, 5.74) is 2.64. The lowest BCUT2D eigenvalue weighted by atomic mass is 10.2. The smallest absolute Gasteiger partial charge is 0.237 e. The average molecular weight is 489 g/mol. The molecule has 178 valence electrons. The Hall–Kier alpha value is -3.98. The van der Waals surface area contributed by atoms with Crippen LogP contribution in [0, 0.1) is 0 Å². The van der Waals surface area contributed by atoms with Gasteiger partial charge in [-0.3, -0.25) is 9.36 Å². The maximum Gasteiger partial charge on any atom is 0.237 e. The molecule has 1 amide bonds. The van der Waals surface area contributed by atoms with Crippen molar-refractivity contribution >= 4 is 23.4 Å². The van der Waals surface area contributed by atoms with E-state index in [2.05, 4.69) is 15.5 Å². The molecule has 1 atom stereocenters. The summed E-state index contributed by atoms with van der Waals surface area (Å²) in [4.78, 5) is 12.9. The number of carbonyl (C=O) groups excluding carboxylic acids is 1. The molecule has 0 saturated carbocycles. The molecule has 8 nitrogen and oxygen atoms in total. The van der Waals surface area contributed by atoms with Gasteiger partial charge < -0.3 is 19.5 Å². The first-order chi connectivity index (χ1) is 17.1. The quantitative estimate of drug-likeness (QED) is 0.355. The molecule has 1 aliphatic rings. The van der Waals surface area contributed by atoms with Crippen LogP contribution in [0.25, 0.3) is 11.4 Å². The molecule has 0 radical (unpaired) electrons. The normalized spacial score (nSPS) is 12.9. The highest BCUT2D eigenvalue weighted by Crippen LogP contribution is 2.34. The lowest BCUT2D eigenvalue weighted by Gasteiger charge is -2.14. The fourth-order valence-electron chi connectivity index (χ4n) is 3.70. The second kappa shape index (κ2) is 10.1. The summed E-state index contributed by atoms with van der Waals surface area (Å²) in [6, 6.07) is 23.0. The number of carbonyl (C=O) groups is 1. The van der Waals surface area contributed by atoms with Crippen molar-refractivity contribution in [3.63, 3.8) is 0 Å². The lowest BCUT2D eigenvalue weighted by molar-refractivity contribution is -0.115. The summed E-state index contributed by atoms with van der Waals surface area (Å²) in [5, 5.41) is 12.1. The minimum absolute atomic E-state index is 0.137. The first kappa shape index (κ1) is 22.8. The van der Waals surface area contributed by atoms with E-state index in [4.69, 9.17) is 14.2 Å². The molecule has 1 aromatic heterocycles. The van der Waals surface area contributed by atoms with Crippen LogP contribution in [-0.4, -0.2) is 39.8 Å². The van der Waals surface area contributed by atoms with Gasteiger partial charge in [-0.1, -0.05) is 54.2 Å². The fraction of sp³-hybridized carbons (Fsp3) is 0.192. The maximum absolute atomic E-state index is 12.9. The highest BCUT2D eigenvalue weighted by Gasteiger charge is 2.22. The van der Waals surface area contributed by atoms with Crippen molar-refractivity contribution in [2.45, 2.75) is 23.9 Å². The molecule has 1 unspecified atom stereocenters. The Morgan fingerprint density at radius 2 is 1.89 bits per heavy atom. The van der Waals surface area contributed by atoms with Gasteiger partial charge >= 0.3 is 0 Å². The van der Waals surface area contributed by atoms with Crippen LogP contribution in [0.5, 0.6) is 17.2 Å².